The molecule has 2 aromatic rings. The van der Waals surface area contributed by atoms with Gasteiger partial charge in [-0.2, -0.15) is 0 Å². The van der Waals surface area contributed by atoms with Crippen LogP contribution in [0.15, 0.2) is 41.2 Å². The fourth-order valence-electron chi connectivity index (χ4n) is 7.75. The molecule has 3 fully saturated rings. The molecule has 0 radical (unpaired) electrons. The molecule has 6 rings (SSSR count). The van der Waals surface area contributed by atoms with Gasteiger partial charge in [-0.25, -0.2) is 26.7 Å². The van der Waals surface area contributed by atoms with Crippen molar-refractivity contribution in [2.75, 3.05) is 20.3 Å². The van der Waals surface area contributed by atoms with Crippen molar-refractivity contribution in [3.05, 3.63) is 46.8 Å². The summed E-state index contributed by atoms with van der Waals surface area (Å²) in [4.78, 5) is 71.0. The van der Waals surface area contributed by atoms with Gasteiger partial charge in [0.2, 0.25) is 27.7 Å². The van der Waals surface area contributed by atoms with E-state index in [2.05, 4.69) is 20.5 Å². The minimum absolute atomic E-state index is 0.00128. The number of amides is 4. The van der Waals surface area contributed by atoms with E-state index in [1.807, 2.05) is 13.0 Å². The molecule has 2 saturated carbocycles. The van der Waals surface area contributed by atoms with Crippen molar-refractivity contribution in [3.8, 4) is 5.88 Å². The number of fused-ring (bicyclic) bond motifs is 3. The number of nitrogens with one attached hydrogen (secondary N) is 3. The number of methoxy groups -OCH3 is 1. The number of ether oxygens (including phenoxy) is 3. The number of alkyl halides is 2. The molecule has 1 aromatic heterocycles. The topological polar surface area (TPSA) is 204 Å². The molecule has 1 saturated heterocycles. The third-order valence-corrected chi connectivity index (χ3v) is 13.7. The molecule has 4 aliphatic rings. The molecule has 0 unspecified atom stereocenters. The molecule has 2 aliphatic carbocycles. The largest absolute Gasteiger partial charge is 0.471 e. The van der Waals surface area contributed by atoms with Crippen LogP contribution in [-0.2, 0) is 40.4 Å². The molecule has 4 amide bonds. The first-order chi connectivity index (χ1) is 27.7. The Kier molecular flexibility index (Phi) is 12.5. The van der Waals surface area contributed by atoms with Gasteiger partial charge in [0.25, 0.3) is 17.4 Å². The van der Waals surface area contributed by atoms with Crippen LogP contribution in [-0.4, -0.2) is 108 Å². The highest BCUT2D eigenvalue weighted by molar-refractivity contribution is 7.91. The van der Waals surface area contributed by atoms with Gasteiger partial charge in [0.15, 0.2) is 5.60 Å². The molecule has 324 valence electrons. The molecule has 16 nitrogen and oxygen atoms in total. The van der Waals surface area contributed by atoms with Crippen molar-refractivity contribution in [3.63, 3.8) is 0 Å². The Morgan fingerprint density at radius 2 is 1.75 bits per heavy atom. The summed E-state index contributed by atoms with van der Waals surface area (Å²) in [5, 5.41) is 9.78. The van der Waals surface area contributed by atoms with Crippen molar-refractivity contribution < 1.29 is 50.6 Å². The second kappa shape index (κ2) is 16.8. The number of hydrogen-bond donors (Lipinski definition) is 3. The van der Waals surface area contributed by atoms with Crippen LogP contribution >= 0.6 is 0 Å². The average molecular weight is 849 g/mol. The first kappa shape index (κ1) is 43.9. The Labute approximate surface area is 341 Å². The van der Waals surface area contributed by atoms with Crippen molar-refractivity contribution in [1.29, 1.82) is 0 Å². The monoisotopic (exact) mass is 848 g/mol. The molecule has 59 heavy (non-hydrogen) atoms. The number of benzene rings is 1. The van der Waals surface area contributed by atoms with Crippen LogP contribution in [0.1, 0.15) is 79.6 Å². The SMILES string of the molecule is COCCn1nc(O[C@@H]2C[C@H]3C(=O)N[C@]4(C(=O)NS(=O)(=O)C5CC5)C[C@H]4/C=C\CC[C@H](C)C[C@@H](C)[C@H](NC(=O)OC(C)(C)C(C)(F)F)C(=O)N3C2)c2ccccc2c1=O. The van der Waals surface area contributed by atoms with Crippen LogP contribution in [0.5, 0.6) is 5.88 Å². The van der Waals surface area contributed by atoms with E-state index >= 15 is 0 Å². The number of allylic oxidation sites excluding steroid dienone is 1. The van der Waals surface area contributed by atoms with Gasteiger partial charge in [-0.1, -0.05) is 38.1 Å². The summed E-state index contributed by atoms with van der Waals surface area (Å²) in [5.41, 5.74) is -4.25. The smallest absolute Gasteiger partial charge is 0.408 e. The molecule has 1 aromatic carbocycles. The highest BCUT2D eigenvalue weighted by Gasteiger charge is 2.62. The first-order valence-corrected chi connectivity index (χ1v) is 21.6. The van der Waals surface area contributed by atoms with Crippen molar-refractivity contribution in [1.82, 2.24) is 30.0 Å². The van der Waals surface area contributed by atoms with E-state index in [4.69, 9.17) is 14.2 Å². The zero-order chi connectivity index (χ0) is 43.1. The number of nitrogens with zero attached hydrogens (tertiary/aromatic N) is 3. The number of hydrogen-bond acceptors (Lipinski definition) is 11. The Hall–Kier alpha value is -4.65. The zero-order valence-corrected chi connectivity index (χ0v) is 35.0. The van der Waals surface area contributed by atoms with Gasteiger partial charge in [0.1, 0.15) is 23.7 Å². The maximum Gasteiger partial charge on any atom is 0.408 e. The first-order valence-electron chi connectivity index (χ1n) is 20.1. The number of carbonyl (C=O) groups excluding carboxylic acids is 4. The lowest BCUT2D eigenvalue weighted by atomic mass is 9.88. The molecular formula is C40H54F2N6O10S. The molecule has 3 heterocycles. The fraction of sp³-hybridized carbons (Fsp3) is 0.650. The van der Waals surface area contributed by atoms with Crippen LogP contribution in [0.4, 0.5) is 13.6 Å². The predicted molar refractivity (Wildman–Crippen MR) is 211 cm³/mol. The van der Waals surface area contributed by atoms with Gasteiger partial charge >= 0.3 is 6.09 Å². The lowest BCUT2D eigenvalue weighted by Crippen LogP contribution is -2.59. The normalized spacial score (nSPS) is 28.6. The molecular weight excluding hydrogens is 795 g/mol. The van der Waals surface area contributed by atoms with E-state index in [0.717, 1.165) is 13.8 Å². The van der Waals surface area contributed by atoms with Crippen LogP contribution in [0.2, 0.25) is 0 Å². The Morgan fingerprint density at radius 3 is 2.41 bits per heavy atom. The number of halogens is 2. The number of alkyl carbamates (subject to hydrolysis) is 1. The van der Waals surface area contributed by atoms with E-state index in [-0.39, 0.29) is 49.9 Å². The fourth-order valence-corrected chi connectivity index (χ4v) is 9.12. The van der Waals surface area contributed by atoms with Crippen molar-refractivity contribution in [2.45, 2.75) is 127 Å². The number of aromatic nitrogens is 2. The molecule has 0 bridgehead atoms. The van der Waals surface area contributed by atoms with Crippen LogP contribution in [0.25, 0.3) is 10.8 Å². The highest BCUT2D eigenvalue weighted by atomic mass is 32.2. The van der Waals surface area contributed by atoms with E-state index in [1.54, 1.807) is 37.3 Å². The lowest BCUT2D eigenvalue weighted by molar-refractivity contribution is -0.152. The zero-order valence-electron chi connectivity index (χ0n) is 34.2. The molecule has 19 heteroatoms. The standard InChI is InChI=1S/C40H54F2N6O10S/c1-23-11-7-8-12-25-21-40(25,36(52)46-59(54,55)27-15-16-27)44-32(49)30-20-26(57-33-28-13-9-10-14-29(28)34(50)48(45-33)17-18-56-6)22-47(30)35(51)31(24(2)19-23)43-37(53)58-38(3,4)39(5,41)42/h8-10,12-14,23-27,30-31H,7,11,15-22H2,1-6H3,(H,43,53)(H,44,49)(H,46,52)/b12-8-/t23-,24+,25+,26+,30-,31-,40+/m0/s1. The van der Waals surface area contributed by atoms with Gasteiger partial charge < -0.3 is 29.7 Å². The third-order valence-electron chi connectivity index (χ3n) is 11.9. The molecule has 0 spiro atoms. The Bertz CT molecular complexity index is 2160. The molecule has 7 atom stereocenters. The second-order valence-electron chi connectivity index (χ2n) is 17.0. The summed E-state index contributed by atoms with van der Waals surface area (Å²) in [7, 11) is -2.50. The third kappa shape index (κ3) is 9.55. The number of sulfonamides is 1. The highest BCUT2D eigenvalue weighted by Crippen LogP contribution is 2.46. The van der Waals surface area contributed by atoms with Crippen molar-refractivity contribution >= 4 is 44.6 Å². The van der Waals surface area contributed by atoms with E-state index in [9.17, 15) is 41.2 Å². The lowest BCUT2D eigenvalue weighted by Gasteiger charge is -2.35. The summed E-state index contributed by atoms with van der Waals surface area (Å²) in [6.07, 6.45) is 3.92. The quantitative estimate of drug-likeness (QED) is 0.280. The second-order valence-corrected chi connectivity index (χ2v) is 19.0. The number of rotatable bonds is 11. The molecule has 2 aliphatic heterocycles. The van der Waals surface area contributed by atoms with Crippen LogP contribution < -0.4 is 25.7 Å². The van der Waals surface area contributed by atoms with E-state index in [1.165, 1.54) is 16.7 Å². The van der Waals surface area contributed by atoms with Crippen LogP contribution in [0.3, 0.4) is 0 Å². The Morgan fingerprint density at radius 1 is 1.05 bits per heavy atom. The van der Waals surface area contributed by atoms with Gasteiger partial charge in [-0.3, -0.25) is 23.9 Å². The minimum Gasteiger partial charge on any atom is -0.471 e. The molecule has 3 N–H and O–H groups in total. The number of carbonyl (C=O) groups is 4. The van der Waals surface area contributed by atoms with Crippen molar-refractivity contribution in [2.24, 2.45) is 17.8 Å². The maximum absolute atomic E-state index is 14.9. The van der Waals surface area contributed by atoms with Gasteiger partial charge in [0.05, 0.1) is 35.7 Å². The van der Waals surface area contributed by atoms with E-state index < -0.39 is 86.2 Å². The summed E-state index contributed by atoms with van der Waals surface area (Å²) in [6.45, 7) is 6.48. The van der Waals surface area contributed by atoms with Crippen LogP contribution in [0, 0.1) is 17.8 Å². The summed E-state index contributed by atoms with van der Waals surface area (Å²) < 4.78 is 74.8. The summed E-state index contributed by atoms with van der Waals surface area (Å²) in [6, 6.07) is 3.99. The Balaban J connectivity index is 1.37. The van der Waals surface area contributed by atoms with Gasteiger partial charge in [-0.15, -0.1) is 5.10 Å². The maximum atomic E-state index is 14.9. The summed E-state index contributed by atoms with van der Waals surface area (Å²) in [5.74, 6) is -6.89. The summed E-state index contributed by atoms with van der Waals surface area (Å²) >= 11 is 0. The van der Waals surface area contributed by atoms with E-state index in [0.29, 0.717) is 49.8 Å². The minimum atomic E-state index is -3.98. The predicted octanol–water partition coefficient (Wildman–Crippen LogP) is 3.42. The van der Waals surface area contributed by atoms with Gasteiger partial charge in [-0.05, 0) is 76.3 Å². The van der Waals surface area contributed by atoms with Gasteiger partial charge in [0, 0.05) is 26.4 Å². The average Bonchev–Trinajstić information content (AvgIpc) is 4.09.